The fraction of sp³-hybridized carbons (Fsp3) is 0.238. The second-order valence-electron chi connectivity index (χ2n) is 7.09. The smallest absolute Gasteiger partial charge is 0.289 e. The molecule has 0 saturated carbocycles. The van der Waals surface area contributed by atoms with E-state index in [1.165, 1.54) is 15.8 Å². The number of urea groups is 1. The van der Waals surface area contributed by atoms with Crippen molar-refractivity contribution in [2.75, 3.05) is 18.0 Å². The number of aromatic nitrogens is 2. The summed E-state index contributed by atoms with van der Waals surface area (Å²) in [6.07, 6.45) is 2.39. The molecule has 1 aliphatic heterocycles. The van der Waals surface area contributed by atoms with Crippen molar-refractivity contribution in [3.63, 3.8) is 0 Å². The number of carbonyl (C=O) groups excluding carboxylic acids is 1. The molecule has 7 nitrogen and oxygen atoms in total. The Morgan fingerprint density at radius 3 is 2.40 bits per heavy atom. The summed E-state index contributed by atoms with van der Waals surface area (Å²) in [7, 11) is -2.42. The molecule has 9 heteroatoms. The largest absolute Gasteiger partial charge is 0.338 e. The van der Waals surface area contributed by atoms with E-state index in [9.17, 15) is 13.2 Å². The first-order valence-corrected chi connectivity index (χ1v) is 11.3. The molecule has 1 aromatic heterocycles. The lowest BCUT2D eigenvalue weighted by Gasteiger charge is -2.34. The highest BCUT2D eigenvalue weighted by Crippen LogP contribution is 2.34. The maximum absolute atomic E-state index is 13.2. The molecule has 0 bridgehead atoms. The predicted octanol–water partition coefficient (Wildman–Crippen LogP) is 3.49. The molecule has 0 N–H and O–H groups in total. The molecule has 0 aliphatic carbocycles. The average Bonchev–Trinajstić information content (AvgIpc) is 3.11. The van der Waals surface area contributed by atoms with Crippen LogP contribution in [0.1, 0.15) is 11.1 Å². The SMILES string of the molecule is Cn1ncc2c1S(=O)(=O)N(CCc1ccccc1)C(=O)N2CCc1cccc(Cl)c1. The van der Waals surface area contributed by atoms with Crippen LogP contribution in [0.4, 0.5) is 10.5 Å². The molecule has 3 aromatic rings. The molecular formula is C21H21ClN4O3S. The van der Waals surface area contributed by atoms with Gasteiger partial charge in [-0.1, -0.05) is 54.1 Å². The van der Waals surface area contributed by atoms with Gasteiger partial charge in [-0.25, -0.2) is 9.10 Å². The number of carbonyl (C=O) groups is 1. The Morgan fingerprint density at radius 1 is 0.967 bits per heavy atom. The maximum Gasteiger partial charge on any atom is 0.338 e. The van der Waals surface area contributed by atoms with Gasteiger partial charge in [0.05, 0.1) is 6.20 Å². The van der Waals surface area contributed by atoms with Crippen LogP contribution < -0.4 is 4.90 Å². The molecule has 2 amide bonds. The van der Waals surface area contributed by atoms with Gasteiger partial charge in [0.2, 0.25) is 0 Å². The van der Waals surface area contributed by atoms with E-state index in [0.29, 0.717) is 30.1 Å². The molecular weight excluding hydrogens is 424 g/mol. The van der Waals surface area contributed by atoms with Crippen LogP contribution in [0, 0.1) is 0 Å². The first-order valence-electron chi connectivity index (χ1n) is 9.52. The van der Waals surface area contributed by atoms with Gasteiger partial charge in [0.25, 0.3) is 10.0 Å². The first kappa shape index (κ1) is 20.4. The molecule has 4 rings (SSSR count). The van der Waals surface area contributed by atoms with Crippen molar-refractivity contribution in [3.05, 3.63) is 76.9 Å². The lowest BCUT2D eigenvalue weighted by atomic mass is 10.1. The molecule has 0 spiro atoms. The molecule has 0 fully saturated rings. The number of aryl methyl sites for hydroxylation is 1. The Labute approximate surface area is 180 Å². The summed E-state index contributed by atoms with van der Waals surface area (Å²) < 4.78 is 28.6. The van der Waals surface area contributed by atoms with E-state index in [1.54, 1.807) is 13.1 Å². The van der Waals surface area contributed by atoms with Crippen molar-refractivity contribution in [3.8, 4) is 0 Å². The molecule has 1 aliphatic rings. The van der Waals surface area contributed by atoms with Gasteiger partial charge in [0.1, 0.15) is 5.69 Å². The van der Waals surface area contributed by atoms with Crippen LogP contribution in [0.15, 0.2) is 65.8 Å². The summed E-state index contributed by atoms with van der Waals surface area (Å²) in [6, 6.07) is 16.3. The third kappa shape index (κ3) is 3.80. The van der Waals surface area contributed by atoms with E-state index in [1.807, 2.05) is 48.5 Å². The highest BCUT2D eigenvalue weighted by molar-refractivity contribution is 7.89. The van der Waals surface area contributed by atoms with Gasteiger partial charge in [0.15, 0.2) is 5.03 Å². The Hall–Kier alpha value is -2.84. The second kappa shape index (κ2) is 8.12. The minimum atomic E-state index is -3.99. The number of rotatable bonds is 6. The number of sulfonamides is 1. The Bertz CT molecular complexity index is 1180. The molecule has 0 saturated heterocycles. The maximum atomic E-state index is 13.2. The van der Waals surface area contributed by atoms with Crippen LogP contribution in [-0.2, 0) is 29.9 Å². The van der Waals surface area contributed by atoms with E-state index in [0.717, 1.165) is 15.4 Å². The van der Waals surface area contributed by atoms with Gasteiger partial charge in [-0.3, -0.25) is 9.58 Å². The van der Waals surface area contributed by atoms with Crippen molar-refractivity contribution < 1.29 is 13.2 Å². The average molecular weight is 445 g/mol. The molecule has 0 radical (unpaired) electrons. The lowest BCUT2D eigenvalue weighted by molar-refractivity contribution is 0.227. The van der Waals surface area contributed by atoms with Crippen molar-refractivity contribution in [2.45, 2.75) is 17.9 Å². The standard InChI is InChI=1S/C21H21ClN4O3S/c1-24-20-19(15-23-24)25(12-10-17-8-5-9-18(22)14-17)21(27)26(30(20,28)29)13-11-16-6-3-2-4-7-16/h2-9,14-15H,10-13H2,1H3. The van der Waals surface area contributed by atoms with Gasteiger partial charge in [0, 0.05) is 25.2 Å². The number of hydrogen-bond acceptors (Lipinski definition) is 4. The molecule has 0 atom stereocenters. The topological polar surface area (TPSA) is 75.5 Å². The second-order valence-corrected chi connectivity index (χ2v) is 9.30. The fourth-order valence-corrected chi connectivity index (χ4v) is 5.45. The van der Waals surface area contributed by atoms with Gasteiger partial charge in [-0.05, 0) is 36.1 Å². The summed E-state index contributed by atoms with van der Waals surface area (Å²) in [5, 5.41) is 4.74. The van der Waals surface area contributed by atoms with Crippen LogP contribution in [-0.4, -0.2) is 41.6 Å². The van der Waals surface area contributed by atoms with Crippen molar-refractivity contribution in [1.29, 1.82) is 0 Å². The third-order valence-corrected chi connectivity index (χ3v) is 7.21. The first-order chi connectivity index (χ1) is 14.4. The number of nitrogens with zero attached hydrogens (tertiary/aromatic N) is 4. The van der Waals surface area contributed by atoms with Crippen molar-refractivity contribution in [2.24, 2.45) is 7.05 Å². The Balaban J connectivity index is 1.63. The van der Waals surface area contributed by atoms with Crippen LogP contribution >= 0.6 is 11.6 Å². The number of benzene rings is 2. The molecule has 2 heterocycles. The molecule has 156 valence electrons. The number of hydrogen-bond donors (Lipinski definition) is 0. The minimum absolute atomic E-state index is 0.0289. The zero-order valence-electron chi connectivity index (χ0n) is 16.4. The van der Waals surface area contributed by atoms with Crippen LogP contribution in [0.2, 0.25) is 5.02 Å². The van der Waals surface area contributed by atoms with Crippen molar-refractivity contribution >= 4 is 33.3 Å². The van der Waals surface area contributed by atoms with Crippen LogP contribution in [0.25, 0.3) is 0 Å². The molecule has 0 unspecified atom stereocenters. The Kier molecular flexibility index (Phi) is 5.53. The zero-order valence-corrected chi connectivity index (χ0v) is 18.0. The Morgan fingerprint density at radius 2 is 1.67 bits per heavy atom. The summed E-state index contributed by atoms with van der Waals surface area (Å²) in [5.41, 5.74) is 2.23. The van der Waals surface area contributed by atoms with Gasteiger partial charge in [-0.2, -0.15) is 13.5 Å². The van der Waals surface area contributed by atoms with Gasteiger partial charge in [-0.15, -0.1) is 0 Å². The van der Waals surface area contributed by atoms with Gasteiger partial charge < -0.3 is 0 Å². The normalized spacial score (nSPS) is 15.3. The van der Waals surface area contributed by atoms with Crippen molar-refractivity contribution in [1.82, 2.24) is 14.1 Å². The monoisotopic (exact) mass is 444 g/mol. The van der Waals surface area contributed by atoms with E-state index in [4.69, 9.17) is 11.6 Å². The van der Waals surface area contributed by atoms with E-state index in [-0.39, 0.29) is 11.6 Å². The molecule has 2 aromatic carbocycles. The molecule has 30 heavy (non-hydrogen) atoms. The highest BCUT2D eigenvalue weighted by Gasteiger charge is 2.43. The minimum Gasteiger partial charge on any atom is -0.289 e. The van der Waals surface area contributed by atoms with E-state index >= 15 is 0 Å². The third-order valence-electron chi connectivity index (χ3n) is 5.10. The summed E-state index contributed by atoms with van der Waals surface area (Å²) >= 11 is 6.06. The van der Waals surface area contributed by atoms with E-state index in [2.05, 4.69) is 5.10 Å². The number of fused-ring (bicyclic) bond motifs is 1. The van der Waals surface area contributed by atoms with Crippen LogP contribution in [0.3, 0.4) is 0 Å². The number of halogens is 1. The number of anilines is 1. The summed E-state index contributed by atoms with van der Waals surface area (Å²) in [4.78, 5) is 14.7. The van der Waals surface area contributed by atoms with E-state index < -0.39 is 16.1 Å². The van der Waals surface area contributed by atoms with Crippen LogP contribution in [0.5, 0.6) is 0 Å². The summed E-state index contributed by atoms with van der Waals surface area (Å²) in [5.74, 6) is 0. The lowest BCUT2D eigenvalue weighted by Crippen LogP contribution is -2.52. The zero-order chi connectivity index (χ0) is 21.3. The highest BCUT2D eigenvalue weighted by atomic mass is 35.5. The quantitative estimate of drug-likeness (QED) is 0.583. The fourth-order valence-electron chi connectivity index (χ4n) is 3.58. The summed E-state index contributed by atoms with van der Waals surface area (Å²) in [6.45, 7) is 0.374. The van der Waals surface area contributed by atoms with Gasteiger partial charge >= 0.3 is 6.03 Å². The number of amides is 2. The predicted molar refractivity (Wildman–Crippen MR) is 115 cm³/mol.